The van der Waals surface area contributed by atoms with Crippen molar-refractivity contribution in [2.75, 3.05) is 6.61 Å². The van der Waals surface area contributed by atoms with Gasteiger partial charge in [-0.15, -0.1) is 0 Å². The lowest BCUT2D eigenvalue weighted by atomic mass is 10.0. The lowest BCUT2D eigenvalue weighted by Gasteiger charge is -2.17. The zero-order chi connectivity index (χ0) is 18.8. The molecule has 0 unspecified atom stereocenters. The van der Waals surface area contributed by atoms with Gasteiger partial charge in [0.15, 0.2) is 0 Å². The number of aromatic nitrogens is 1. The van der Waals surface area contributed by atoms with Crippen LogP contribution in [0.25, 0.3) is 21.7 Å². The van der Waals surface area contributed by atoms with Crippen molar-refractivity contribution in [2.24, 2.45) is 0 Å². The van der Waals surface area contributed by atoms with Gasteiger partial charge in [-0.25, -0.2) is 0 Å². The Balaban J connectivity index is 1.57. The fraction of sp³-hybridized carbons (Fsp3) is 0.136. The van der Waals surface area contributed by atoms with E-state index in [1.807, 2.05) is 66.9 Å². The molecule has 0 saturated heterocycles. The van der Waals surface area contributed by atoms with Crippen LogP contribution in [0.4, 0.5) is 0 Å². The fourth-order valence-electron chi connectivity index (χ4n) is 3.44. The zero-order valence-corrected chi connectivity index (χ0v) is 16.2. The van der Waals surface area contributed by atoms with Gasteiger partial charge >= 0.3 is 0 Å². The molecule has 1 heterocycles. The first-order valence-electron chi connectivity index (χ1n) is 8.80. The van der Waals surface area contributed by atoms with E-state index >= 15 is 0 Å². The Bertz CT molecular complexity index is 1120. The van der Waals surface area contributed by atoms with Gasteiger partial charge in [-0.2, -0.15) is 0 Å². The summed E-state index contributed by atoms with van der Waals surface area (Å²) in [7, 11) is 0. The molecule has 0 aliphatic heterocycles. The number of nitrogens with one attached hydrogen (secondary N) is 2. The third-order valence-electron chi connectivity index (χ3n) is 4.78. The van der Waals surface area contributed by atoms with E-state index in [1.54, 1.807) is 0 Å². The van der Waals surface area contributed by atoms with E-state index in [-0.39, 0.29) is 18.6 Å². The predicted octanol–water partition coefficient (Wildman–Crippen LogP) is 4.42. The fourth-order valence-corrected chi connectivity index (χ4v) is 3.82. The molecular weight excluding hydrogens is 404 g/mol. The van der Waals surface area contributed by atoms with E-state index < -0.39 is 0 Å². The van der Waals surface area contributed by atoms with Crippen LogP contribution in [0.15, 0.2) is 71.3 Å². The highest BCUT2D eigenvalue weighted by atomic mass is 79.9. The van der Waals surface area contributed by atoms with Gasteiger partial charge in [-0.3, -0.25) is 4.79 Å². The van der Waals surface area contributed by atoms with E-state index in [1.165, 1.54) is 0 Å². The molecule has 1 amide bonds. The van der Waals surface area contributed by atoms with Crippen molar-refractivity contribution in [1.29, 1.82) is 0 Å². The zero-order valence-electron chi connectivity index (χ0n) is 14.6. The number of para-hydroxylation sites is 1. The maximum Gasteiger partial charge on any atom is 0.252 e. The number of rotatable bonds is 5. The number of carbonyl (C=O) groups excluding carboxylic acids is 1. The van der Waals surface area contributed by atoms with E-state index in [0.29, 0.717) is 12.0 Å². The van der Waals surface area contributed by atoms with Crippen molar-refractivity contribution in [2.45, 2.75) is 12.5 Å². The second-order valence-corrected chi connectivity index (χ2v) is 7.50. The smallest absolute Gasteiger partial charge is 0.252 e. The number of hydrogen-bond donors (Lipinski definition) is 3. The van der Waals surface area contributed by atoms with Crippen LogP contribution in [0.2, 0.25) is 0 Å². The molecule has 4 nitrogen and oxygen atoms in total. The molecule has 0 aliphatic rings. The molecule has 27 heavy (non-hydrogen) atoms. The molecule has 0 fully saturated rings. The molecule has 0 spiro atoms. The first-order valence-corrected chi connectivity index (χ1v) is 9.60. The largest absolute Gasteiger partial charge is 0.394 e. The molecular formula is C22H19BrN2O2. The number of amides is 1. The second-order valence-electron chi connectivity index (χ2n) is 6.59. The van der Waals surface area contributed by atoms with Crippen molar-refractivity contribution in [3.63, 3.8) is 0 Å². The number of halogens is 1. The van der Waals surface area contributed by atoms with Gasteiger partial charge in [0.2, 0.25) is 0 Å². The number of aliphatic hydroxyl groups is 1. The summed E-state index contributed by atoms with van der Waals surface area (Å²) in [5.41, 5.74) is 2.74. The van der Waals surface area contributed by atoms with Gasteiger partial charge in [0.1, 0.15) is 0 Å². The minimum atomic E-state index is -0.359. The SMILES string of the molecule is O=C(N[C@@H](CO)Cc1c[nH]c2ccccc12)c1cccc2cc(Br)ccc12. The Kier molecular flexibility index (Phi) is 4.97. The summed E-state index contributed by atoms with van der Waals surface area (Å²) in [5.74, 6) is -0.179. The number of hydrogen-bond acceptors (Lipinski definition) is 2. The molecule has 3 N–H and O–H groups in total. The third kappa shape index (κ3) is 3.61. The van der Waals surface area contributed by atoms with Gasteiger partial charge in [0.05, 0.1) is 12.6 Å². The van der Waals surface area contributed by atoms with Crippen LogP contribution in [0.1, 0.15) is 15.9 Å². The average molecular weight is 423 g/mol. The second kappa shape index (κ2) is 7.55. The van der Waals surface area contributed by atoms with E-state index in [9.17, 15) is 9.90 Å². The maximum atomic E-state index is 12.9. The van der Waals surface area contributed by atoms with Crippen molar-refractivity contribution in [1.82, 2.24) is 10.3 Å². The van der Waals surface area contributed by atoms with Crippen LogP contribution in [0.5, 0.6) is 0 Å². The number of fused-ring (bicyclic) bond motifs is 2. The highest BCUT2D eigenvalue weighted by Gasteiger charge is 2.17. The van der Waals surface area contributed by atoms with Gasteiger partial charge in [0, 0.05) is 27.1 Å². The Morgan fingerprint density at radius 3 is 2.78 bits per heavy atom. The minimum absolute atomic E-state index is 0.123. The number of aromatic amines is 1. The van der Waals surface area contributed by atoms with Gasteiger partial charge in [-0.05, 0) is 47.0 Å². The Labute approximate surface area is 165 Å². The molecule has 0 saturated carbocycles. The lowest BCUT2D eigenvalue weighted by Crippen LogP contribution is -2.39. The van der Waals surface area contributed by atoms with Crippen LogP contribution in [-0.4, -0.2) is 28.6 Å². The molecule has 0 bridgehead atoms. The summed E-state index contributed by atoms with van der Waals surface area (Å²) in [6, 6.07) is 19.2. The highest BCUT2D eigenvalue weighted by molar-refractivity contribution is 9.10. The van der Waals surface area contributed by atoms with E-state index in [0.717, 1.165) is 31.7 Å². The summed E-state index contributed by atoms with van der Waals surface area (Å²) < 4.78 is 0.972. The Morgan fingerprint density at radius 1 is 1.07 bits per heavy atom. The molecule has 1 aromatic heterocycles. The molecule has 3 aromatic carbocycles. The molecule has 4 rings (SSSR count). The average Bonchev–Trinajstić information content (AvgIpc) is 3.09. The molecule has 5 heteroatoms. The van der Waals surface area contributed by atoms with Crippen molar-refractivity contribution in [3.05, 3.63) is 82.5 Å². The normalized spacial score (nSPS) is 12.4. The van der Waals surface area contributed by atoms with Crippen molar-refractivity contribution >= 4 is 43.5 Å². The van der Waals surface area contributed by atoms with Crippen molar-refractivity contribution in [3.8, 4) is 0 Å². The summed E-state index contributed by atoms with van der Waals surface area (Å²) in [4.78, 5) is 16.1. The lowest BCUT2D eigenvalue weighted by molar-refractivity contribution is 0.0918. The summed E-state index contributed by atoms with van der Waals surface area (Å²) in [5, 5.41) is 15.8. The van der Waals surface area contributed by atoms with Gasteiger partial charge < -0.3 is 15.4 Å². The third-order valence-corrected chi connectivity index (χ3v) is 5.28. The molecule has 136 valence electrons. The van der Waals surface area contributed by atoms with Crippen LogP contribution >= 0.6 is 15.9 Å². The highest BCUT2D eigenvalue weighted by Crippen LogP contribution is 2.23. The topological polar surface area (TPSA) is 65.1 Å². The van der Waals surface area contributed by atoms with Crippen LogP contribution in [0.3, 0.4) is 0 Å². The standard InChI is InChI=1S/C22H19BrN2O2/c23-16-8-9-18-14(10-16)4-3-6-20(18)22(27)25-17(13-26)11-15-12-24-21-7-2-1-5-19(15)21/h1-10,12,17,24,26H,11,13H2,(H,25,27)/t17-/m1/s1. The monoisotopic (exact) mass is 422 g/mol. The first-order chi connectivity index (χ1) is 13.2. The van der Waals surface area contributed by atoms with E-state index in [2.05, 4.69) is 26.2 Å². The number of H-pyrrole nitrogens is 1. The minimum Gasteiger partial charge on any atom is -0.394 e. The number of carbonyl (C=O) groups is 1. The van der Waals surface area contributed by atoms with Crippen molar-refractivity contribution < 1.29 is 9.90 Å². The van der Waals surface area contributed by atoms with Crippen LogP contribution in [-0.2, 0) is 6.42 Å². The molecule has 0 aliphatic carbocycles. The maximum absolute atomic E-state index is 12.9. The molecule has 1 atom stereocenters. The first kappa shape index (κ1) is 17.8. The van der Waals surface area contributed by atoms with E-state index in [4.69, 9.17) is 0 Å². The summed E-state index contributed by atoms with van der Waals surface area (Å²) in [6.45, 7) is -0.123. The Morgan fingerprint density at radius 2 is 1.93 bits per heavy atom. The van der Waals surface area contributed by atoms with Crippen LogP contribution < -0.4 is 5.32 Å². The van der Waals surface area contributed by atoms with Crippen LogP contribution in [0, 0.1) is 0 Å². The summed E-state index contributed by atoms with van der Waals surface area (Å²) in [6.07, 6.45) is 2.50. The summed E-state index contributed by atoms with van der Waals surface area (Å²) >= 11 is 3.46. The molecule has 0 radical (unpaired) electrons. The van der Waals surface area contributed by atoms with Gasteiger partial charge in [-0.1, -0.05) is 52.3 Å². The Hall–Kier alpha value is -2.63. The van der Waals surface area contributed by atoms with Gasteiger partial charge in [0.25, 0.3) is 5.91 Å². The predicted molar refractivity (Wildman–Crippen MR) is 112 cm³/mol. The molecule has 4 aromatic rings. The quantitative estimate of drug-likeness (QED) is 0.445. The number of aliphatic hydroxyl groups excluding tert-OH is 1. The number of benzene rings is 3.